The molecular formula is C44H63N9O2. The molecule has 1 saturated heterocycles. The summed E-state index contributed by atoms with van der Waals surface area (Å²) in [5, 5.41) is 27.2. The minimum Gasteiger partial charge on any atom is -0.386 e. The Bertz CT molecular complexity index is 1780. The lowest BCUT2D eigenvalue weighted by Gasteiger charge is -2.40. The molecule has 1 saturated carbocycles. The van der Waals surface area contributed by atoms with Gasteiger partial charge >= 0.3 is 0 Å². The summed E-state index contributed by atoms with van der Waals surface area (Å²) in [6.45, 7) is 23.9. The molecule has 1 aliphatic heterocycles. The predicted octanol–water partition coefficient (Wildman–Crippen LogP) is 6.79. The molecule has 1 heterocycles. The molecule has 296 valence electrons. The lowest BCUT2D eigenvalue weighted by atomic mass is 9.66. The number of hydrogen-bond donors (Lipinski definition) is 5. The van der Waals surface area contributed by atoms with Gasteiger partial charge in [0, 0.05) is 36.8 Å². The lowest BCUT2D eigenvalue weighted by Crippen LogP contribution is -2.51. The average molecular weight is 750 g/mol. The normalized spacial score (nSPS) is 22.8. The topological polar surface area (TPSA) is 185 Å². The zero-order chi connectivity index (χ0) is 41.3. The first-order chi connectivity index (χ1) is 26.5. The van der Waals surface area contributed by atoms with Crippen LogP contribution < -0.4 is 27.7 Å². The van der Waals surface area contributed by atoms with Crippen LogP contribution in [0.5, 0.6) is 0 Å². The quantitative estimate of drug-likeness (QED) is 0.0389. The molecule has 5 rings (SSSR count). The second-order valence-electron chi connectivity index (χ2n) is 13.9. The molecule has 11 heteroatoms. The Morgan fingerprint density at radius 3 is 2.29 bits per heavy atom. The van der Waals surface area contributed by atoms with E-state index in [-0.39, 0.29) is 12.1 Å². The van der Waals surface area contributed by atoms with Crippen molar-refractivity contribution in [2.24, 2.45) is 28.6 Å². The number of likely N-dealkylation sites (N-methyl/N-ethyl adjacent to an activating group) is 1. The van der Waals surface area contributed by atoms with Gasteiger partial charge in [-0.05, 0) is 106 Å². The highest BCUT2D eigenvalue weighted by Crippen LogP contribution is 2.52. The van der Waals surface area contributed by atoms with E-state index < -0.39 is 5.41 Å². The first kappa shape index (κ1) is 45.9. The summed E-state index contributed by atoms with van der Waals surface area (Å²) < 4.78 is 0. The Morgan fingerprint density at radius 1 is 1.11 bits per heavy atom. The third-order valence-electron chi connectivity index (χ3n) is 10.9. The fraction of sp³-hybridized carbons (Fsp3) is 0.477. The van der Waals surface area contributed by atoms with Crippen LogP contribution in [0.2, 0.25) is 0 Å². The number of benzene rings is 2. The van der Waals surface area contributed by atoms with E-state index in [9.17, 15) is 9.59 Å². The van der Waals surface area contributed by atoms with Crippen LogP contribution in [0.4, 0.5) is 0 Å². The Kier molecular flexibility index (Phi) is 18.6. The van der Waals surface area contributed by atoms with E-state index in [1.54, 1.807) is 11.0 Å². The van der Waals surface area contributed by atoms with Crippen molar-refractivity contribution in [1.82, 2.24) is 21.0 Å². The summed E-state index contributed by atoms with van der Waals surface area (Å²) in [4.78, 5) is 24.0. The molecule has 6 atom stereocenters. The lowest BCUT2D eigenvalue weighted by molar-refractivity contribution is -0.119. The number of hydrazine groups is 1. The van der Waals surface area contributed by atoms with E-state index in [4.69, 9.17) is 22.2 Å². The van der Waals surface area contributed by atoms with Crippen molar-refractivity contribution in [1.29, 1.82) is 10.5 Å². The fourth-order valence-corrected chi connectivity index (χ4v) is 7.94. The smallest absolute Gasteiger partial charge is 0.211 e. The molecule has 3 aliphatic rings. The second kappa shape index (κ2) is 22.2. The van der Waals surface area contributed by atoms with Crippen LogP contribution in [0.1, 0.15) is 113 Å². The number of nitrogens with one attached hydrogen (secondary N) is 3. The highest BCUT2D eigenvalue weighted by Gasteiger charge is 2.58. The van der Waals surface area contributed by atoms with Crippen molar-refractivity contribution >= 4 is 18.5 Å². The molecule has 11 nitrogen and oxygen atoms in total. The summed E-state index contributed by atoms with van der Waals surface area (Å²) >= 11 is 0. The zero-order valence-corrected chi connectivity index (χ0v) is 34.4. The molecule has 2 fully saturated rings. The summed E-state index contributed by atoms with van der Waals surface area (Å²) in [6.07, 6.45) is 6.99. The number of allylic oxidation sites excluding steroid dienone is 3. The van der Waals surface area contributed by atoms with Crippen molar-refractivity contribution in [2.45, 2.75) is 112 Å². The number of aryl methyl sites for hydroxylation is 2. The molecule has 0 radical (unpaired) electrons. The van der Waals surface area contributed by atoms with Crippen molar-refractivity contribution < 1.29 is 9.59 Å². The van der Waals surface area contributed by atoms with Crippen molar-refractivity contribution in [3.63, 3.8) is 0 Å². The molecule has 0 aromatic heterocycles. The maximum atomic E-state index is 11.7. The largest absolute Gasteiger partial charge is 0.386 e. The molecule has 7 N–H and O–H groups in total. The standard InChI is InChI=1S/C32H44N6O.C8H10N2O.C2H3N.C2H6/c1-7-35-24(6)22(4)17-27-14-15-28-18-25(20-39)11-16-29(28)32(23(27)5,31(37-33)38-34)19-30(36-8-2)26-12-9-21(3)10-13-26;1-5-7-2-6(3-9)10(4-11)8(5)7;1-2-3;1-2/h9-13,16-18,20,30,35-36H,6-8,14-15,19,33-34H2,1-5H3,(H,37,38);4-8H,2H2,1H3;1H3;1-2H3/b22-17+;;;/t30-,32?;;;/m0.../s1. The number of fused-ring (bicyclic) bond motifs is 2. The molecule has 0 bridgehead atoms. The molecule has 1 amide bonds. The molecular weight excluding hydrogens is 687 g/mol. The Labute approximate surface area is 329 Å². The van der Waals surface area contributed by atoms with Crippen LogP contribution in [0.3, 0.4) is 0 Å². The van der Waals surface area contributed by atoms with Crippen molar-refractivity contribution in [3.8, 4) is 12.1 Å². The number of nitriles is 2. The minimum absolute atomic E-state index is 0.0182. The van der Waals surface area contributed by atoms with Crippen LogP contribution in [0.25, 0.3) is 0 Å². The molecule has 2 aromatic carbocycles. The summed E-state index contributed by atoms with van der Waals surface area (Å²) in [5.74, 6) is 14.0. The molecule has 55 heavy (non-hydrogen) atoms. The predicted molar refractivity (Wildman–Crippen MR) is 223 cm³/mol. The van der Waals surface area contributed by atoms with Gasteiger partial charge in [0.05, 0.1) is 17.6 Å². The SMILES string of the molecule is C=C(NCC)/C(C)=C/C1=C(C)C(C[C@H](NCC)c2ccc(C)cc2)(/C(=N/N)NN)c2ccc(C=O)cc2CC1.CC.CC#N.CC1C2CC(C#N)N(C=O)C12. The summed E-state index contributed by atoms with van der Waals surface area (Å²) in [6, 6.07) is 18.6. The molecule has 0 spiro atoms. The van der Waals surface area contributed by atoms with Gasteiger partial charge in [-0.3, -0.25) is 9.59 Å². The average Bonchev–Trinajstić information content (AvgIpc) is 3.68. The van der Waals surface area contributed by atoms with E-state index in [0.29, 0.717) is 35.7 Å². The van der Waals surface area contributed by atoms with Gasteiger partial charge in [-0.2, -0.15) is 15.6 Å². The summed E-state index contributed by atoms with van der Waals surface area (Å²) in [7, 11) is 0. The van der Waals surface area contributed by atoms with E-state index in [1.807, 2.05) is 32.0 Å². The van der Waals surface area contributed by atoms with E-state index >= 15 is 0 Å². The van der Waals surface area contributed by atoms with Crippen molar-refractivity contribution in [3.05, 3.63) is 105 Å². The number of hydrazone groups is 1. The number of nitrogens with two attached hydrogens (primary N) is 2. The van der Waals surface area contributed by atoms with Crippen LogP contribution in [-0.4, -0.2) is 48.6 Å². The first-order valence-corrected chi connectivity index (χ1v) is 19.3. The van der Waals surface area contributed by atoms with Gasteiger partial charge in [-0.1, -0.05) is 87.9 Å². The number of hydrogen-bond acceptors (Lipinski definition) is 9. The van der Waals surface area contributed by atoms with Gasteiger partial charge in [0.25, 0.3) is 0 Å². The Hall–Kier alpha value is -5.23. The number of likely N-dealkylation sites (tertiary alicyclic amines) is 1. The maximum Gasteiger partial charge on any atom is 0.211 e. The minimum atomic E-state index is -0.778. The zero-order valence-electron chi connectivity index (χ0n) is 34.4. The molecule has 5 unspecified atom stereocenters. The first-order valence-electron chi connectivity index (χ1n) is 19.3. The number of piperidine rings is 1. The number of carbonyl (C=O) groups excluding carboxylic acids is 2. The van der Waals surface area contributed by atoms with Crippen LogP contribution >= 0.6 is 0 Å². The van der Waals surface area contributed by atoms with Gasteiger partial charge in [0.15, 0.2) is 5.84 Å². The third kappa shape index (κ3) is 10.7. The van der Waals surface area contributed by atoms with Crippen molar-refractivity contribution in [2.75, 3.05) is 13.1 Å². The highest BCUT2D eigenvalue weighted by atomic mass is 16.1. The number of aldehydes is 1. The number of rotatable bonds is 12. The van der Waals surface area contributed by atoms with E-state index in [2.05, 4.69) is 106 Å². The van der Waals surface area contributed by atoms with Gasteiger partial charge in [-0.25, -0.2) is 5.84 Å². The van der Waals surface area contributed by atoms with Gasteiger partial charge < -0.3 is 26.8 Å². The van der Waals surface area contributed by atoms with Crippen LogP contribution in [0, 0.1) is 41.4 Å². The maximum absolute atomic E-state index is 11.7. The summed E-state index contributed by atoms with van der Waals surface area (Å²) in [5.41, 5.74) is 11.5. The van der Waals surface area contributed by atoms with Gasteiger partial charge in [-0.15, -0.1) is 0 Å². The number of carbonyl (C=O) groups is 2. The number of nitrogens with zero attached hydrogens (tertiary/aromatic N) is 4. The number of amidine groups is 1. The van der Waals surface area contributed by atoms with E-state index in [0.717, 1.165) is 73.0 Å². The van der Waals surface area contributed by atoms with Crippen LogP contribution in [0.15, 0.2) is 82.6 Å². The monoisotopic (exact) mass is 750 g/mol. The Morgan fingerprint density at radius 2 is 1.76 bits per heavy atom. The molecule has 2 aromatic rings. The second-order valence-corrected chi connectivity index (χ2v) is 13.9. The van der Waals surface area contributed by atoms with Gasteiger partial charge in [0.1, 0.15) is 12.3 Å². The number of amides is 1. The van der Waals surface area contributed by atoms with Gasteiger partial charge in [0.2, 0.25) is 6.41 Å². The highest BCUT2D eigenvalue weighted by molar-refractivity contribution is 5.97. The Balaban J connectivity index is 0.000000540. The molecule has 2 aliphatic carbocycles. The fourth-order valence-electron chi connectivity index (χ4n) is 7.94. The third-order valence-corrected chi connectivity index (χ3v) is 10.9. The van der Waals surface area contributed by atoms with Crippen LogP contribution in [-0.2, 0) is 16.6 Å². The van der Waals surface area contributed by atoms with E-state index in [1.165, 1.54) is 23.6 Å².